The Morgan fingerprint density at radius 1 is 1.17 bits per heavy atom. The Balaban J connectivity index is 1.50. The summed E-state index contributed by atoms with van der Waals surface area (Å²) in [6, 6.07) is 11.0. The topological polar surface area (TPSA) is 97.0 Å². The van der Waals surface area contributed by atoms with Crippen LogP contribution >= 0.6 is 11.6 Å². The van der Waals surface area contributed by atoms with Crippen molar-refractivity contribution in [3.05, 3.63) is 53.1 Å². The van der Waals surface area contributed by atoms with Crippen molar-refractivity contribution in [3.63, 3.8) is 0 Å². The van der Waals surface area contributed by atoms with E-state index in [1.165, 1.54) is 0 Å². The minimum Gasteiger partial charge on any atom is -0.454 e. The van der Waals surface area contributed by atoms with Gasteiger partial charge in [-0.2, -0.15) is 0 Å². The number of amides is 4. The SMILES string of the molecule is CCC1(c2ccc(Cl)cc2)NC(=O)N(CC(=O)Nc2ccc3c(c2)OCO3)C1=O. The zero-order valence-electron chi connectivity index (χ0n) is 15.5. The second kappa shape index (κ2) is 7.29. The number of hydrogen-bond donors (Lipinski definition) is 2. The molecule has 1 fully saturated rings. The van der Waals surface area contributed by atoms with E-state index in [1.807, 2.05) is 0 Å². The standard InChI is InChI=1S/C20H18ClN3O5/c1-2-20(12-3-5-13(21)6-4-12)18(26)24(19(27)23-20)10-17(25)22-14-7-8-15-16(9-14)29-11-28-15/h3-9H,2,10-11H2,1H3,(H,22,25)(H,23,27). The van der Waals surface area contributed by atoms with Crippen LogP contribution in [0.1, 0.15) is 18.9 Å². The minimum absolute atomic E-state index is 0.124. The van der Waals surface area contributed by atoms with Gasteiger partial charge in [-0.15, -0.1) is 0 Å². The van der Waals surface area contributed by atoms with E-state index in [1.54, 1.807) is 49.4 Å². The molecule has 2 N–H and O–H groups in total. The summed E-state index contributed by atoms with van der Waals surface area (Å²) in [5.41, 5.74) is -0.132. The molecule has 0 spiro atoms. The second-order valence-electron chi connectivity index (χ2n) is 6.70. The molecule has 0 aromatic heterocycles. The lowest BCUT2D eigenvalue weighted by molar-refractivity contribution is -0.134. The number of carbonyl (C=O) groups excluding carboxylic acids is 3. The Labute approximate surface area is 171 Å². The summed E-state index contributed by atoms with van der Waals surface area (Å²) in [4.78, 5) is 39.0. The van der Waals surface area contributed by atoms with Crippen molar-refractivity contribution >= 4 is 35.1 Å². The third-order valence-electron chi connectivity index (χ3n) is 5.00. The van der Waals surface area contributed by atoms with Crippen LogP contribution in [0.5, 0.6) is 11.5 Å². The lowest BCUT2D eigenvalue weighted by Crippen LogP contribution is -2.44. The number of nitrogens with zero attached hydrogens (tertiary/aromatic N) is 1. The van der Waals surface area contributed by atoms with Gasteiger partial charge in [-0.05, 0) is 36.2 Å². The van der Waals surface area contributed by atoms with Gasteiger partial charge in [0, 0.05) is 16.8 Å². The highest BCUT2D eigenvalue weighted by atomic mass is 35.5. The molecule has 9 heteroatoms. The van der Waals surface area contributed by atoms with Gasteiger partial charge in [0.25, 0.3) is 5.91 Å². The number of urea groups is 1. The smallest absolute Gasteiger partial charge is 0.325 e. The Morgan fingerprint density at radius 2 is 1.90 bits per heavy atom. The molecule has 0 aliphatic carbocycles. The summed E-state index contributed by atoms with van der Waals surface area (Å²) in [5, 5.41) is 5.92. The van der Waals surface area contributed by atoms with Gasteiger partial charge in [-0.3, -0.25) is 14.5 Å². The predicted octanol–water partition coefficient (Wildman–Crippen LogP) is 2.86. The van der Waals surface area contributed by atoms with Gasteiger partial charge in [-0.25, -0.2) is 4.79 Å². The van der Waals surface area contributed by atoms with Crippen LogP contribution in [-0.4, -0.2) is 36.1 Å². The maximum absolute atomic E-state index is 13.1. The van der Waals surface area contributed by atoms with Gasteiger partial charge in [0.1, 0.15) is 12.1 Å². The zero-order valence-corrected chi connectivity index (χ0v) is 16.3. The van der Waals surface area contributed by atoms with Crippen LogP contribution in [0.3, 0.4) is 0 Å². The largest absolute Gasteiger partial charge is 0.454 e. The van der Waals surface area contributed by atoms with E-state index in [-0.39, 0.29) is 6.79 Å². The van der Waals surface area contributed by atoms with Crippen molar-refractivity contribution in [2.45, 2.75) is 18.9 Å². The fraction of sp³-hybridized carbons (Fsp3) is 0.250. The van der Waals surface area contributed by atoms with Gasteiger partial charge < -0.3 is 20.1 Å². The summed E-state index contributed by atoms with van der Waals surface area (Å²) >= 11 is 5.93. The van der Waals surface area contributed by atoms with Gasteiger partial charge in [0.2, 0.25) is 12.7 Å². The number of carbonyl (C=O) groups is 3. The third-order valence-corrected chi connectivity index (χ3v) is 5.25. The quantitative estimate of drug-likeness (QED) is 0.732. The first-order chi connectivity index (χ1) is 13.9. The molecular formula is C20H18ClN3O5. The summed E-state index contributed by atoms with van der Waals surface area (Å²) in [7, 11) is 0. The van der Waals surface area contributed by atoms with Crippen molar-refractivity contribution < 1.29 is 23.9 Å². The average molecular weight is 416 g/mol. The highest BCUT2D eigenvalue weighted by Gasteiger charge is 2.51. The first kappa shape index (κ1) is 19.1. The molecule has 150 valence electrons. The van der Waals surface area contributed by atoms with E-state index < -0.39 is 29.9 Å². The Bertz CT molecular complexity index is 994. The molecule has 8 nitrogen and oxygen atoms in total. The van der Waals surface area contributed by atoms with Crippen LogP contribution in [0, 0.1) is 0 Å². The third kappa shape index (κ3) is 3.36. The van der Waals surface area contributed by atoms with E-state index in [0.29, 0.717) is 34.2 Å². The Hall–Kier alpha value is -3.26. The van der Waals surface area contributed by atoms with Crippen LogP contribution in [0.4, 0.5) is 10.5 Å². The van der Waals surface area contributed by atoms with Crippen molar-refractivity contribution in [2.75, 3.05) is 18.7 Å². The molecule has 1 saturated heterocycles. The van der Waals surface area contributed by atoms with Crippen molar-refractivity contribution in [1.82, 2.24) is 10.2 Å². The number of halogens is 1. The summed E-state index contributed by atoms with van der Waals surface area (Å²) in [6.45, 7) is 1.51. The predicted molar refractivity (Wildman–Crippen MR) is 105 cm³/mol. The fourth-order valence-corrected chi connectivity index (χ4v) is 3.59. The molecule has 2 aromatic rings. The number of benzene rings is 2. The molecule has 2 heterocycles. The molecule has 2 aliphatic rings. The molecule has 29 heavy (non-hydrogen) atoms. The van der Waals surface area contributed by atoms with E-state index in [0.717, 1.165) is 4.90 Å². The molecular weight excluding hydrogens is 398 g/mol. The molecule has 0 bridgehead atoms. The maximum atomic E-state index is 13.1. The number of imide groups is 1. The zero-order chi connectivity index (χ0) is 20.6. The van der Waals surface area contributed by atoms with E-state index in [2.05, 4.69) is 10.6 Å². The number of nitrogens with one attached hydrogen (secondary N) is 2. The Morgan fingerprint density at radius 3 is 2.62 bits per heavy atom. The van der Waals surface area contributed by atoms with Gasteiger partial charge in [0.05, 0.1) is 0 Å². The van der Waals surface area contributed by atoms with E-state index in [4.69, 9.17) is 21.1 Å². The second-order valence-corrected chi connectivity index (χ2v) is 7.14. The normalized spacial score (nSPS) is 20.0. The van der Waals surface area contributed by atoms with Crippen molar-refractivity contribution in [2.24, 2.45) is 0 Å². The lowest BCUT2D eigenvalue weighted by atomic mass is 9.87. The highest BCUT2D eigenvalue weighted by molar-refractivity contribution is 6.30. The average Bonchev–Trinajstić information content (AvgIpc) is 3.26. The van der Waals surface area contributed by atoms with Crippen molar-refractivity contribution in [3.8, 4) is 11.5 Å². The number of anilines is 1. The first-order valence-electron chi connectivity index (χ1n) is 9.02. The lowest BCUT2D eigenvalue weighted by Gasteiger charge is -2.25. The number of fused-ring (bicyclic) bond motifs is 1. The van der Waals surface area contributed by atoms with Crippen LogP contribution in [0.25, 0.3) is 0 Å². The van der Waals surface area contributed by atoms with E-state index in [9.17, 15) is 14.4 Å². The monoisotopic (exact) mass is 415 g/mol. The molecule has 2 aromatic carbocycles. The van der Waals surface area contributed by atoms with Crippen molar-refractivity contribution in [1.29, 1.82) is 0 Å². The molecule has 1 unspecified atom stereocenters. The van der Waals surface area contributed by atoms with Crippen LogP contribution < -0.4 is 20.1 Å². The molecule has 0 saturated carbocycles. The fourth-order valence-electron chi connectivity index (χ4n) is 3.46. The summed E-state index contributed by atoms with van der Waals surface area (Å²) < 4.78 is 10.5. The highest BCUT2D eigenvalue weighted by Crippen LogP contribution is 2.35. The number of rotatable bonds is 5. The summed E-state index contributed by atoms with van der Waals surface area (Å²) in [6.07, 6.45) is 0.333. The molecule has 2 aliphatic heterocycles. The Kier molecular flexibility index (Phi) is 4.79. The van der Waals surface area contributed by atoms with Gasteiger partial charge >= 0.3 is 6.03 Å². The number of hydrogen-bond acceptors (Lipinski definition) is 5. The van der Waals surface area contributed by atoms with Crippen LogP contribution in [-0.2, 0) is 15.1 Å². The van der Waals surface area contributed by atoms with Crippen LogP contribution in [0.15, 0.2) is 42.5 Å². The van der Waals surface area contributed by atoms with Gasteiger partial charge in [0.15, 0.2) is 11.5 Å². The van der Waals surface area contributed by atoms with Gasteiger partial charge in [-0.1, -0.05) is 30.7 Å². The van der Waals surface area contributed by atoms with Crippen LogP contribution in [0.2, 0.25) is 5.02 Å². The molecule has 0 radical (unpaired) electrons. The number of ether oxygens (including phenoxy) is 2. The summed E-state index contributed by atoms with van der Waals surface area (Å²) in [5.74, 6) is 0.127. The van der Waals surface area contributed by atoms with E-state index >= 15 is 0 Å². The molecule has 1 atom stereocenters. The molecule has 4 amide bonds. The first-order valence-corrected chi connectivity index (χ1v) is 9.40. The maximum Gasteiger partial charge on any atom is 0.325 e. The molecule has 4 rings (SSSR count). The minimum atomic E-state index is -1.22.